The molecule has 76 valence electrons. The van der Waals surface area contributed by atoms with Crippen molar-refractivity contribution in [2.75, 3.05) is 0 Å². The molecule has 2 rings (SSSR count). The molecule has 2 aromatic rings. The summed E-state index contributed by atoms with van der Waals surface area (Å²) in [5, 5.41) is 0.750. The zero-order chi connectivity index (χ0) is 10.7. The van der Waals surface area contributed by atoms with Gasteiger partial charge < -0.3 is 0 Å². The standard InChI is InChI=1S/C12H10BrClN/c13-11-6-4-10(5-7-11)9-15-8-2-1-3-12(15)14/h1-8H,9H2/q+1. The number of aromatic nitrogens is 1. The van der Waals surface area contributed by atoms with Gasteiger partial charge in [-0.15, -0.1) is 0 Å². The van der Waals surface area contributed by atoms with E-state index in [1.54, 1.807) is 0 Å². The predicted molar refractivity (Wildman–Crippen MR) is 64.9 cm³/mol. The maximum Gasteiger partial charge on any atom is 0.275 e. The van der Waals surface area contributed by atoms with Crippen LogP contribution in [-0.4, -0.2) is 0 Å². The first-order valence-corrected chi connectivity index (χ1v) is 5.81. The Kier molecular flexibility index (Phi) is 3.39. The summed E-state index contributed by atoms with van der Waals surface area (Å²) in [4.78, 5) is 0. The molecule has 0 saturated heterocycles. The molecule has 3 heteroatoms. The third kappa shape index (κ3) is 2.80. The second kappa shape index (κ2) is 4.77. The second-order valence-electron chi connectivity index (χ2n) is 3.28. The molecule has 1 nitrogen and oxygen atoms in total. The van der Waals surface area contributed by atoms with Crippen LogP contribution in [0.15, 0.2) is 53.1 Å². The fourth-order valence-corrected chi connectivity index (χ4v) is 1.82. The number of benzene rings is 1. The second-order valence-corrected chi connectivity index (χ2v) is 4.58. The van der Waals surface area contributed by atoms with Crippen molar-refractivity contribution in [1.82, 2.24) is 0 Å². The Morgan fingerprint density at radius 1 is 1.07 bits per heavy atom. The summed E-state index contributed by atoms with van der Waals surface area (Å²) in [7, 11) is 0. The first-order chi connectivity index (χ1) is 7.25. The van der Waals surface area contributed by atoms with Crippen LogP contribution in [0.2, 0.25) is 5.15 Å². The maximum absolute atomic E-state index is 6.06. The molecule has 1 heterocycles. The molecular weight excluding hydrogens is 273 g/mol. The minimum absolute atomic E-state index is 0.750. The van der Waals surface area contributed by atoms with E-state index in [-0.39, 0.29) is 0 Å². The molecule has 0 amide bonds. The van der Waals surface area contributed by atoms with Crippen LogP contribution in [0, 0.1) is 0 Å². The van der Waals surface area contributed by atoms with E-state index in [2.05, 4.69) is 28.1 Å². The van der Waals surface area contributed by atoms with Crippen molar-refractivity contribution in [3.63, 3.8) is 0 Å². The van der Waals surface area contributed by atoms with Gasteiger partial charge in [-0.1, -0.05) is 28.1 Å². The van der Waals surface area contributed by atoms with Gasteiger partial charge in [0.1, 0.15) is 0 Å². The molecule has 0 atom stereocenters. The van der Waals surface area contributed by atoms with Crippen LogP contribution >= 0.6 is 27.5 Å². The third-order valence-corrected chi connectivity index (χ3v) is 3.02. The maximum atomic E-state index is 6.06. The van der Waals surface area contributed by atoms with E-state index < -0.39 is 0 Å². The van der Waals surface area contributed by atoms with Crippen molar-refractivity contribution in [2.24, 2.45) is 0 Å². The van der Waals surface area contributed by atoms with Crippen LogP contribution in [-0.2, 0) is 6.54 Å². The monoisotopic (exact) mass is 282 g/mol. The number of hydrogen-bond acceptors (Lipinski definition) is 0. The van der Waals surface area contributed by atoms with E-state index in [1.165, 1.54) is 5.56 Å². The van der Waals surface area contributed by atoms with Gasteiger partial charge >= 0.3 is 0 Å². The van der Waals surface area contributed by atoms with Gasteiger partial charge in [0.25, 0.3) is 5.15 Å². The van der Waals surface area contributed by atoms with Gasteiger partial charge in [-0.05, 0) is 29.8 Å². The Bertz CT molecular complexity index is 453. The van der Waals surface area contributed by atoms with E-state index >= 15 is 0 Å². The molecule has 0 aliphatic rings. The number of nitrogens with zero attached hydrogens (tertiary/aromatic N) is 1. The van der Waals surface area contributed by atoms with Crippen LogP contribution in [0.5, 0.6) is 0 Å². The van der Waals surface area contributed by atoms with Gasteiger partial charge in [0.15, 0.2) is 12.7 Å². The van der Waals surface area contributed by atoms with Gasteiger partial charge in [-0.2, -0.15) is 4.57 Å². The van der Waals surface area contributed by atoms with Crippen LogP contribution in [0.3, 0.4) is 0 Å². The average molecular weight is 284 g/mol. The highest BCUT2D eigenvalue weighted by atomic mass is 79.9. The zero-order valence-corrected chi connectivity index (χ0v) is 10.4. The zero-order valence-electron chi connectivity index (χ0n) is 8.03. The van der Waals surface area contributed by atoms with E-state index in [4.69, 9.17) is 11.6 Å². The first-order valence-electron chi connectivity index (χ1n) is 4.64. The van der Waals surface area contributed by atoms with E-state index in [9.17, 15) is 0 Å². The lowest BCUT2D eigenvalue weighted by atomic mass is 10.2. The average Bonchev–Trinajstić information content (AvgIpc) is 2.25. The van der Waals surface area contributed by atoms with Crippen LogP contribution in [0.25, 0.3) is 0 Å². The minimum atomic E-state index is 0.750. The topological polar surface area (TPSA) is 3.88 Å². The highest BCUT2D eigenvalue weighted by Gasteiger charge is 2.06. The number of pyridine rings is 1. The van der Waals surface area contributed by atoms with Gasteiger partial charge in [0.2, 0.25) is 0 Å². The summed E-state index contributed by atoms with van der Waals surface area (Å²) in [6.45, 7) is 0.799. The summed E-state index contributed by atoms with van der Waals surface area (Å²) < 4.78 is 3.10. The molecule has 0 N–H and O–H groups in total. The number of halogens is 2. The van der Waals surface area contributed by atoms with Gasteiger partial charge in [0, 0.05) is 22.2 Å². The van der Waals surface area contributed by atoms with Crippen LogP contribution in [0.1, 0.15) is 5.56 Å². The molecule has 0 saturated carbocycles. The number of rotatable bonds is 2. The lowest BCUT2D eigenvalue weighted by Gasteiger charge is -1.99. The van der Waals surface area contributed by atoms with Crippen molar-refractivity contribution in [1.29, 1.82) is 0 Å². The molecule has 0 aliphatic carbocycles. The summed E-state index contributed by atoms with van der Waals surface area (Å²) >= 11 is 9.47. The minimum Gasteiger partial charge on any atom is -0.184 e. The lowest BCUT2D eigenvalue weighted by Crippen LogP contribution is -2.34. The lowest BCUT2D eigenvalue weighted by molar-refractivity contribution is -0.686. The molecule has 0 spiro atoms. The quantitative estimate of drug-likeness (QED) is 0.587. The molecule has 0 bridgehead atoms. The first kappa shape index (κ1) is 10.7. The normalized spacial score (nSPS) is 10.3. The van der Waals surface area contributed by atoms with Gasteiger partial charge in [0.05, 0.1) is 0 Å². The van der Waals surface area contributed by atoms with Gasteiger partial charge in [-0.25, -0.2) is 0 Å². The Morgan fingerprint density at radius 3 is 2.47 bits per heavy atom. The molecule has 15 heavy (non-hydrogen) atoms. The molecule has 1 aromatic carbocycles. The molecule has 0 unspecified atom stereocenters. The van der Waals surface area contributed by atoms with Crippen molar-refractivity contribution >= 4 is 27.5 Å². The van der Waals surface area contributed by atoms with Crippen molar-refractivity contribution in [2.45, 2.75) is 6.54 Å². The largest absolute Gasteiger partial charge is 0.275 e. The summed E-state index contributed by atoms with van der Waals surface area (Å²) in [6.07, 6.45) is 1.98. The SMILES string of the molecule is Clc1cccc[n+]1Cc1ccc(Br)cc1. The van der Waals surface area contributed by atoms with Crippen molar-refractivity contribution in [3.05, 3.63) is 63.9 Å². The Hall–Kier alpha value is -0.860. The molecular formula is C12H10BrClN+. The molecule has 1 aromatic heterocycles. The molecule has 0 radical (unpaired) electrons. The Labute approximate surface area is 102 Å². The number of hydrogen-bond donors (Lipinski definition) is 0. The third-order valence-electron chi connectivity index (χ3n) is 2.15. The Balaban J connectivity index is 2.22. The smallest absolute Gasteiger partial charge is 0.184 e. The van der Waals surface area contributed by atoms with Gasteiger partial charge in [-0.3, -0.25) is 0 Å². The predicted octanol–water partition coefficient (Wildman–Crippen LogP) is 3.44. The highest BCUT2D eigenvalue weighted by molar-refractivity contribution is 9.10. The fraction of sp³-hybridized carbons (Fsp3) is 0.0833. The van der Waals surface area contributed by atoms with E-state index in [1.807, 2.05) is 41.1 Å². The Morgan fingerprint density at radius 2 is 1.80 bits per heavy atom. The van der Waals surface area contributed by atoms with Crippen LogP contribution in [0.4, 0.5) is 0 Å². The van der Waals surface area contributed by atoms with Crippen molar-refractivity contribution in [3.8, 4) is 0 Å². The molecule has 0 aliphatic heterocycles. The summed E-state index contributed by atoms with van der Waals surface area (Å²) in [6, 6.07) is 14.0. The van der Waals surface area contributed by atoms with Crippen molar-refractivity contribution < 1.29 is 4.57 Å². The highest BCUT2D eigenvalue weighted by Crippen LogP contribution is 2.10. The molecule has 0 fully saturated rings. The van der Waals surface area contributed by atoms with Crippen LogP contribution < -0.4 is 4.57 Å². The van der Waals surface area contributed by atoms with E-state index in [0.717, 1.165) is 16.2 Å². The fourth-order valence-electron chi connectivity index (χ4n) is 1.37. The summed E-state index contributed by atoms with van der Waals surface area (Å²) in [5.41, 5.74) is 1.23. The van der Waals surface area contributed by atoms with E-state index in [0.29, 0.717) is 0 Å². The summed E-state index contributed by atoms with van der Waals surface area (Å²) in [5.74, 6) is 0.